The van der Waals surface area contributed by atoms with E-state index in [-0.39, 0.29) is 10.6 Å². The topological polar surface area (TPSA) is 39.1 Å². The van der Waals surface area contributed by atoms with E-state index in [1.54, 1.807) is 0 Å². The lowest BCUT2D eigenvalue weighted by Gasteiger charge is -2.03. The molecule has 2 aromatic carbocycles. The van der Waals surface area contributed by atoms with Crippen molar-refractivity contribution in [2.75, 3.05) is 0 Å². The van der Waals surface area contributed by atoms with Crippen molar-refractivity contribution in [2.45, 2.75) is 10.6 Å². The minimum atomic E-state index is -3.49. The summed E-state index contributed by atoms with van der Waals surface area (Å²) in [5.41, 5.74) is 1.74. The number of nitrogens with zero attached hydrogens (tertiary/aromatic N) is 1. The number of fused-ring (bicyclic) bond motifs is 1. The fraction of sp³-hybridized carbons (Fsp3) is 0.125. The van der Waals surface area contributed by atoms with E-state index in [1.807, 2.05) is 42.1 Å². The quantitative estimate of drug-likeness (QED) is 0.696. The highest BCUT2D eigenvalue weighted by Crippen LogP contribution is 2.24. The third-order valence-corrected chi connectivity index (χ3v) is 5.18. The molecule has 108 valence electrons. The maximum Gasteiger partial charge on any atom is 0.182 e. The van der Waals surface area contributed by atoms with Crippen LogP contribution in [0.1, 0.15) is 5.56 Å². The van der Waals surface area contributed by atoms with Crippen molar-refractivity contribution in [2.24, 2.45) is 7.05 Å². The van der Waals surface area contributed by atoms with Crippen molar-refractivity contribution in [3.8, 4) is 0 Å². The SMILES string of the molecule is Cn1cc(CS(=O)(=O)c2ccc(F)cc2)c2ccccc21. The van der Waals surface area contributed by atoms with Crippen molar-refractivity contribution in [1.29, 1.82) is 0 Å². The molecule has 3 aromatic rings. The first-order chi connectivity index (χ1) is 9.97. The summed E-state index contributed by atoms with van der Waals surface area (Å²) in [7, 11) is -1.60. The summed E-state index contributed by atoms with van der Waals surface area (Å²) < 4.78 is 39.7. The van der Waals surface area contributed by atoms with Gasteiger partial charge in [0.1, 0.15) is 5.82 Å². The molecule has 0 amide bonds. The van der Waals surface area contributed by atoms with E-state index >= 15 is 0 Å². The van der Waals surface area contributed by atoms with Gasteiger partial charge in [-0.25, -0.2) is 12.8 Å². The van der Waals surface area contributed by atoms with Crippen molar-refractivity contribution in [1.82, 2.24) is 4.57 Å². The number of aryl methyl sites for hydroxylation is 1. The van der Waals surface area contributed by atoms with E-state index in [2.05, 4.69) is 0 Å². The first-order valence-corrected chi connectivity index (χ1v) is 8.14. The molecule has 0 saturated heterocycles. The molecule has 0 radical (unpaired) electrons. The highest BCUT2D eigenvalue weighted by molar-refractivity contribution is 7.90. The predicted octanol–water partition coefficient (Wildman–Crippen LogP) is 3.29. The summed E-state index contributed by atoms with van der Waals surface area (Å²) in [5.74, 6) is -0.543. The minimum absolute atomic E-state index is 0.0972. The molecule has 0 unspecified atom stereocenters. The second-order valence-corrected chi connectivity index (χ2v) is 6.98. The van der Waals surface area contributed by atoms with E-state index in [1.165, 1.54) is 12.1 Å². The van der Waals surface area contributed by atoms with Crippen LogP contribution in [0.4, 0.5) is 4.39 Å². The van der Waals surface area contributed by atoms with Gasteiger partial charge >= 0.3 is 0 Å². The summed E-state index contributed by atoms with van der Waals surface area (Å²) in [6.07, 6.45) is 1.83. The highest BCUT2D eigenvalue weighted by atomic mass is 32.2. The molecule has 1 heterocycles. The lowest BCUT2D eigenvalue weighted by atomic mass is 10.2. The molecule has 0 bridgehead atoms. The molecule has 0 aliphatic rings. The van der Waals surface area contributed by atoms with Gasteiger partial charge in [-0.15, -0.1) is 0 Å². The van der Waals surface area contributed by atoms with Gasteiger partial charge in [0.15, 0.2) is 9.84 Å². The number of halogens is 1. The van der Waals surface area contributed by atoms with Gasteiger partial charge in [0, 0.05) is 24.1 Å². The van der Waals surface area contributed by atoms with Gasteiger partial charge < -0.3 is 4.57 Å². The zero-order chi connectivity index (χ0) is 15.0. The van der Waals surface area contributed by atoms with Gasteiger partial charge in [0.25, 0.3) is 0 Å². The monoisotopic (exact) mass is 303 g/mol. The Balaban J connectivity index is 2.03. The summed E-state index contributed by atoms with van der Waals surface area (Å²) in [6, 6.07) is 12.6. The van der Waals surface area contributed by atoms with Crippen LogP contribution >= 0.6 is 0 Å². The molecule has 0 spiro atoms. The molecule has 0 aliphatic carbocycles. The molecular formula is C16H14FNO2S. The molecule has 0 saturated carbocycles. The first kappa shape index (κ1) is 13.8. The molecular weight excluding hydrogens is 289 g/mol. The Labute approximate surface area is 122 Å². The van der Waals surface area contributed by atoms with E-state index in [4.69, 9.17) is 0 Å². The summed E-state index contributed by atoms with van der Waals surface area (Å²) in [6.45, 7) is 0. The molecule has 5 heteroatoms. The second-order valence-electron chi connectivity index (χ2n) is 5.00. The first-order valence-electron chi connectivity index (χ1n) is 6.49. The lowest BCUT2D eigenvalue weighted by Crippen LogP contribution is -2.04. The maximum atomic E-state index is 12.9. The van der Waals surface area contributed by atoms with E-state index in [0.717, 1.165) is 28.6 Å². The average Bonchev–Trinajstić information content (AvgIpc) is 2.76. The minimum Gasteiger partial charge on any atom is -0.350 e. The Hall–Kier alpha value is -2.14. The third kappa shape index (κ3) is 2.56. The number of hydrogen-bond acceptors (Lipinski definition) is 2. The zero-order valence-corrected chi connectivity index (χ0v) is 12.3. The fourth-order valence-electron chi connectivity index (χ4n) is 2.47. The third-order valence-electron chi connectivity index (χ3n) is 3.50. The van der Waals surface area contributed by atoms with E-state index < -0.39 is 15.7 Å². The Kier molecular flexibility index (Phi) is 3.29. The summed E-state index contributed by atoms with van der Waals surface area (Å²) in [4.78, 5) is 0.136. The van der Waals surface area contributed by atoms with Gasteiger partial charge in [-0.3, -0.25) is 0 Å². The zero-order valence-electron chi connectivity index (χ0n) is 11.5. The van der Waals surface area contributed by atoms with Crippen LogP contribution in [0.25, 0.3) is 10.9 Å². The number of sulfone groups is 1. The number of hydrogen-bond donors (Lipinski definition) is 0. The Morgan fingerprint density at radius 3 is 2.43 bits per heavy atom. The van der Waals surface area contributed by atoms with Crippen molar-refractivity contribution in [3.05, 3.63) is 66.1 Å². The van der Waals surface area contributed by atoms with Gasteiger partial charge in [0.05, 0.1) is 10.6 Å². The Bertz CT molecular complexity index is 896. The number of rotatable bonds is 3. The fourth-order valence-corrected chi connectivity index (χ4v) is 3.83. The highest BCUT2D eigenvalue weighted by Gasteiger charge is 2.18. The van der Waals surface area contributed by atoms with Crippen LogP contribution in [-0.4, -0.2) is 13.0 Å². The van der Waals surface area contributed by atoms with Crippen molar-refractivity contribution < 1.29 is 12.8 Å². The Morgan fingerprint density at radius 2 is 1.71 bits per heavy atom. The van der Waals surface area contributed by atoms with E-state index in [0.29, 0.717) is 0 Å². The van der Waals surface area contributed by atoms with Gasteiger partial charge in [-0.05, 0) is 35.9 Å². The normalized spacial score (nSPS) is 11.9. The van der Waals surface area contributed by atoms with Crippen LogP contribution in [-0.2, 0) is 22.6 Å². The molecule has 0 N–H and O–H groups in total. The predicted molar refractivity (Wildman–Crippen MR) is 80.2 cm³/mol. The molecule has 3 rings (SSSR count). The summed E-state index contributed by atoms with van der Waals surface area (Å²) in [5, 5.41) is 0.922. The second kappa shape index (κ2) is 5.00. The van der Waals surface area contributed by atoms with Gasteiger partial charge in [-0.2, -0.15) is 0 Å². The maximum absolute atomic E-state index is 12.9. The smallest absolute Gasteiger partial charge is 0.182 e. The van der Waals surface area contributed by atoms with Crippen LogP contribution in [0.15, 0.2) is 59.6 Å². The number of benzene rings is 2. The van der Waals surface area contributed by atoms with Crippen LogP contribution in [0, 0.1) is 5.82 Å². The molecule has 1 aromatic heterocycles. The molecule has 0 fully saturated rings. The van der Waals surface area contributed by atoms with Crippen LogP contribution in [0.5, 0.6) is 0 Å². The van der Waals surface area contributed by atoms with E-state index in [9.17, 15) is 12.8 Å². The van der Waals surface area contributed by atoms with Crippen molar-refractivity contribution in [3.63, 3.8) is 0 Å². The standard InChI is InChI=1S/C16H14FNO2S/c1-18-10-12(15-4-2-3-5-16(15)18)11-21(19,20)14-8-6-13(17)7-9-14/h2-10H,11H2,1H3. The number of para-hydroxylation sites is 1. The van der Waals surface area contributed by atoms with Crippen LogP contribution in [0.3, 0.4) is 0 Å². The largest absolute Gasteiger partial charge is 0.350 e. The van der Waals surface area contributed by atoms with Gasteiger partial charge in [0.2, 0.25) is 0 Å². The van der Waals surface area contributed by atoms with Crippen LogP contribution < -0.4 is 0 Å². The van der Waals surface area contributed by atoms with Crippen LogP contribution in [0.2, 0.25) is 0 Å². The average molecular weight is 303 g/mol. The molecule has 0 atom stereocenters. The molecule has 3 nitrogen and oxygen atoms in total. The number of aromatic nitrogens is 1. The lowest BCUT2D eigenvalue weighted by molar-refractivity contribution is 0.594. The van der Waals surface area contributed by atoms with Gasteiger partial charge in [-0.1, -0.05) is 18.2 Å². The van der Waals surface area contributed by atoms with Crippen molar-refractivity contribution >= 4 is 20.7 Å². The summed E-state index contributed by atoms with van der Waals surface area (Å²) >= 11 is 0. The molecule has 21 heavy (non-hydrogen) atoms. The Morgan fingerprint density at radius 1 is 1.05 bits per heavy atom. The molecule has 0 aliphatic heterocycles.